The highest BCUT2D eigenvalue weighted by atomic mass is 35.5. The molecule has 6 heteroatoms. The lowest BCUT2D eigenvalue weighted by Gasteiger charge is -2.05. The van der Waals surface area contributed by atoms with E-state index in [-0.39, 0.29) is 11.6 Å². The maximum absolute atomic E-state index is 12.1. The molecular formula is C22H13Cl2NO3. The molecule has 0 unspecified atom stereocenters. The Balaban J connectivity index is 1.51. The quantitative estimate of drug-likeness (QED) is 0.384. The van der Waals surface area contributed by atoms with Crippen LogP contribution < -0.4 is 4.74 Å². The van der Waals surface area contributed by atoms with Crippen LogP contribution in [0.25, 0.3) is 6.08 Å². The Kier molecular flexibility index (Phi) is 5.15. The Morgan fingerprint density at radius 1 is 0.786 bits per heavy atom. The van der Waals surface area contributed by atoms with Crippen LogP contribution in [0.3, 0.4) is 0 Å². The molecule has 0 saturated heterocycles. The monoisotopic (exact) mass is 409 g/mol. The predicted octanol–water partition coefficient (Wildman–Crippen LogP) is 6.13. The molecule has 0 radical (unpaired) electrons. The summed E-state index contributed by atoms with van der Waals surface area (Å²) in [7, 11) is 0. The minimum Gasteiger partial charge on any atom is -0.457 e. The molecule has 1 aliphatic rings. The van der Waals surface area contributed by atoms with Crippen molar-refractivity contribution in [3.63, 3.8) is 0 Å². The van der Waals surface area contributed by atoms with E-state index < -0.39 is 5.97 Å². The van der Waals surface area contributed by atoms with Gasteiger partial charge in [0, 0.05) is 15.6 Å². The first-order chi connectivity index (χ1) is 13.6. The molecular weight excluding hydrogens is 397 g/mol. The molecule has 0 bridgehead atoms. The van der Waals surface area contributed by atoms with Crippen molar-refractivity contribution in [2.45, 2.75) is 0 Å². The van der Waals surface area contributed by atoms with E-state index in [0.29, 0.717) is 27.1 Å². The van der Waals surface area contributed by atoms with Crippen molar-refractivity contribution in [1.82, 2.24) is 0 Å². The van der Waals surface area contributed by atoms with Gasteiger partial charge in [-0.2, -0.15) is 0 Å². The van der Waals surface area contributed by atoms with E-state index in [1.165, 1.54) is 0 Å². The van der Waals surface area contributed by atoms with Crippen LogP contribution in [0, 0.1) is 0 Å². The van der Waals surface area contributed by atoms with Crippen molar-refractivity contribution in [2.24, 2.45) is 4.99 Å². The zero-order chi connectivity index (χ0) is 19.5. The van der Waals surface area contributed by atoms with E-state index in [1.54, 1.807) is 54.6 Å². The largest absolute Gasteiger partial charge is 0.457 e. The number of aliphatic imine (C=N–C) groups is 1. The van der Waals surface area contributed by atoms with E-state index in [9.17, 15) is 4.79 Å². The fourth-order valence-corrected chi connectivity index (χ4v) is 2.81. The van der Waals surface area contributed by atoms with Gasteiger partial charge in [0.1, 0.15) is 11.5 Å². The van der Waals surface area contributed by atoms with Crippen molar-refractivity contribution in [3.05, 3.63) is 99.7 Å². The van der Waals surface area contributed by atoms with Crippen LogP contribution >= 0.6 is 23.2 Å². The van der Waals surface area contributed by atoms with E-state index in [0.717, 1.165) is 5.56 Å². The molecule has 4 nitrogen and oxygen atoms in total. The fourth-order valence-electron chi connectivity index (χ4n) is 2.55. The van der Waals surface area contributed by atoms with Gasteiger partial charge in [0.05, 0.1) is 0 Å². The van der Waals surface area contributed by atoms with E-state index in [4.69, 9.17) is 32.7 Å². The summed E-state index contributed by atoms with van der Waals surface area (Å²) < 4.78 is 11.0. The summed E-state index contributed by atoms with van der Waals surface area (Å²) in [4.78, 5) is 16.4. The second kappa shape index (κ2) is 7.89. The predicted molar refractivity (Wildman–Crippen MR) is 110 cm³/mol. The standard InChI is InChI=1S/C22H13Cl2NO3/c23-16-5-3-15(4-6-16)21-25-20(22(26)28-21)13-14-1-9-18(10-2-14)27-19-11-7-17(24)8-12-19/h1-13H/b20-13-. The number of cyclic esters (lactones) is 1. The zero-order valence-electron chi connectivity index (χ0n) is 14.4. The van der Waals surface area contributed by atoms with Crippen LogP contribution in [0.4, 0.5) is 0 Å². The summed E-state index contributed by atoms with van der Waals surface area (Å²) in [6.45, 7) is 0. The Hall–Kier alpha value is -3.08. The van der Waals surface area contributed by atoms with Gasteiger partial charge >= 0.3 is 5.97 Å². The highest BCUT2D eigenvalue weighted by Gasteiger charge is 2.24. The number of rotatable bonds is 4. The number of carbonyl (C=O) groups excluding carboxylic acids is 1. The van der Waals surface area contributed by atoms with Crippen LogP contribution in [0.2, 0.25) is 10.0 Å². The van der Waals surface area contributed by atoms with Crippen LogP contribution in [-0.2, 0) is 9.53 Å². The molecule has 1 aliphatic heterocycles. The summed E-state index contributed by atoms with van der Waals surface area (Å²) in [6, 6.07) is 21.3. The fraction of sp³-hybridized carbons (Fsp3) is 0. The highest BCUT2D eigenvalue weighted by molar-refractivity contribution is 6.31. The van der Waals surface area contributed by atoms with Crippen molar-refractivity contribution in [2.75, 3.05) is 0 Å². The molecule has 0 atom stereocenters. The first kappa shape index (κ1) is 18.3. The number of carbonyl (C=O) groups is 1. The first-order valence-electron chi connectivity index (χ1n) is 8.39. The molecule has 3 aromatic carbocycles. The Labute approximate surface area is 171 Å². The van der Waals surface area contributed by atoms with Gasteiger partial charge in [-0.25, -0.2) is 9.79 Å². The topological polar surface area (TPSA) is 47.9 Å². The van der Waals surface area contributed by atoms with Crippen molar-refractivity contribution in [1.29, 1.82) is 0 Å². The number of nitrogens with zero attached hydrogens (tertiary/aromatic N) is 1. The lowest BCUT2D eigenvalue weighted by atomic mass is 10.2. The van der Waals surface area contributed by atoms with Gasteiger partial charge in [0.25, 0.3) is 0 Å². The SMILES string of the molecule is O=C1OC(c2ccc(Cl)cc2)=N/C1=C\c1ccc(Oc2ccc(Cl)cc2)cc1. The lowest BCUT2D eigenvalue weighted by molar-refractivity contribution is -0.129. The van der Waals surface area contributed by atoms with Gasteiger partial charge in [-0.15, -0.1) is 0 Å². The molecule has 0 N–H and O–H groups in total. The van der Waals surface area contributed by atoms with E-state index in [2.05, 4.69) is 4.99 Å². The first-order valence-corrected chi connectivity index (χ1v) is 9.14. The van der Waals surface area contributed by atoms with Gasteiger partial charge in [-0.1, -0.05) is 35.3 Å². The van der Waals surface area contributed by atoms with Gasteiger partial charge in [-0.3, -0.25) is 0 Å². The normalized spacial score (nSPS) is 14.7. The van der Waals surface area contributed by atoms with Crippen molar-refractivity contribution >= 4 is 41.1 Å². The lowest BCUT2D eigenvalue weighted by Crippen LogP contribution is -2.05. The third kappa shape index (κ3) is 4.25. The van der Waals surface area contributed by atoms with Gasteiger partial charge < -0.3 is 9.47 Å². The summed E-state index contributed by atoms with van der Waals surface area (Å²) >= 11 is 11.7. The molecule has 0 saturated carbocycles. The number of ether oxygens (including phenoxy) is 2. The van der Waals surface area contributed by atoms with Crippen molar-refractivity contribution in [3.8, 4) is 11.5 Å². The molecule has 138 valence electrons. The zero-order valence-corrected chi connectivity index (χ0v) is 15.9. The van der Waals surface area contributed by atoms with Gasteiger partial charge in [0.2, 0.25) is 5.90 Å². The molecule has 0 aliphatic carbocycles. The third-order valence-electron chi connectivity index (χ3n) is 3.94. The van der Waals surface area contributed by atoms with Crippen LogP contribution in [0.5, 0.6) is 11.5 Å². The maximum atomic E-state index is 12.1. The van der Waals surface area contributed by atoms with Crippen LogP contribution in [-0.4, -0.2) is 11.9 Å². The van der Waals surface area contributed by atoms with Gasteiger partial charge in [0.15, 0.2) is 5.70 Å². The number of hydrogen-bond acceptors (Lipinski definition) is 4. The second-order valence-electron chi connectivity index (χ2n) is 5.97. The molecule has 0 amide bonds. The van der Waals surface area contributed by atoms with Crippen LogP contribution in [0.1, 0.15) is 11.1 Å². The summed E-state index contributed by atoms with van der Waals surface area (Å²) in [5, 5.41) is 1.25. The molecule has 0 fully saturated rings. The van der Waals surface area contributed by atoms with E-state index in [1.807, 2.05) is 24.3 Å². The average Bonchev–Trinajstić information content (AvgIpc) is 3.06. The molecule has 0 spiro atoms. The molecule has 4 rings (SSSR count). The molecule has 3 aromatic rings. The average molecular weight is 410 g/mol. The Bertz CT molecular complexity index is 1070. The van der Waals surface area contributed by atoms with Crippen molar-refractivity contribution < 1.29 is 14.3 Å². The Morgan fingerprint density at radius 3 is 1.93 bits per heavy atom. The third-order valence-corrected chi connectivity index (χ3v) is 4.45. The smallest absolute Gasteiger partial charge is 0.363 e. The maximum Gasteiger partial charge on any atom is 0.363 e. The number of benzene rings is 3. The second-order valence-corrected chi connectivity index (χ2v) is 6.84. The summed E-state index contributed by atoms with van der Waals surface area (Å²) in [6.07, 6.45) is 1.66. The summed E-state index contributed by atoms with van der Waals surface area (Å²) in [5.41, 5.74) is 1.72. The number of halogens is 2. The minimum absolute atomic E-state index is 0.233. The molecule has 28 heavy (non-hydrogen) atoms. The summed E-state index contributed by atoms with van der Waals surface area (Å²) in [5.74, 6) is 1.12. The number of esters is 1. The molecule has 1 heterocycles. The van der Waals surface area contributed by atoms with Crippen LogP contribution in [0.15, 0.2) is 83.5 Å². The minimum atomic E-state index is -0.494. The Morgan fingerprint density at radius 2 is 1.32 bits per heavy atom. The van der Waals surface area contributed by atoms with Gasteiger partial charge in [-0.05, 0) is 72.3 Å². The highest BCUT2D eigenvalue weighted by Crippen LogP contribution is 2.25. The molecule has 0 aromatic heterocycles. The van der Waals surface area contributed by atoms with E-state index >= 15 is 0 Å². The number of hydrogen-bond donors (Lipinski definition) is 0.